The smallest absolute Gasteiger partial charge is 0.189 e. The van der Waals surface area contributed by atoms with Gasteiger partial charge in [0.25, 0.3) is 0 Å². The Bertz CT molecular complexity index is 1280. The molecule has 0 spiro atoms. The van der Waals surface area contributed by atoms with E-state index in [-0.39, 0.29) is 0 Å². The second-order valence-electron chi connectivity index (χ2n) is 9.02. The Morgan fingerprint density at radius 3 is 2.40 bits per heavy atom. The third kappa shape index (κ3) is 5.75. The van der Waals surface area contributed by atoms with E-state index in [0.717, 1.165) is 78.6 Å². The molecule has 1 N–H and O–H groups in total. The molecule has 0 radical (unpaired) electrons. The van der Waals surface area contributed by atoms with Crippen LogP contribution in [-0.4, -0.2) is 46.2 Å². The summed E-state index contributed by atoms with van der Waals surface area (Å²) in [7, 11) is 0. The number of anilines is 2. The summed E-state index contributed by atoms with van der Waals surface area (Å²) in [4.78, 5) is 18.2. The van der Waals surface area contributed by atoms with Crippen LogP contribution in [0.2, 0.25) is 0 Å². The molecule has 3 heterocycles. The van der Waals surface area contributed by atoms with Crippen molar-refractivity contribution in [3.05, 3.63) is 87.7 Å². The maximum atomic E-state index is 5.55. The number of hydrogen-bond donors (Lipinski definition) is 1. The number of nitrogens with zero attached hydrogens (tertiary/aromatic N) is 4. The van der Waals surface area contributed by atoms with Crippen LogP contribution in [0.25, 0.3) is 11.3 Å². The van der Waals surface area contributed by atoms with E-state index < -0.39 is 0 Å². The average Bonchev–Trinajstić information content (AvgIpc) is 3.25. The van der Waals surface area contributed by atoms with Gasteiger partial charge in [0.15, 0.2) is 5.13 Å². The Morgan fingerprint density at radius 2 is 1.66 bits per heavy atom. The fraction of sp³-hybridized carbons (Fsp3) is 0.321. The molecule has 4 aromatic rings. The molecule has 6 nitrogen and oxygen atoms in total. The van der Waals surface area contributed by atoms with Crippen LogP contribution in [0.3, 0.4) is 0 Å². The average molecular weight is 486 g/mol. The van der Waals surface area contributed by atoms with Gasteiger partial charge in [-0.3, -0.25) is 4.90 Å². The normalized spacial score (nSPS) is 14.3. The fourth-order valence-corrected chi connectivity index (χ4v) is 5.38. The molecule has 0 atom stereocenters. The van der Waals surface area contributed by atoms with E-state index >= 15 is 0 Å². The second kappa shape index (κ2) is 10.6. The SMILES string of the molecule is Cc1ccc(Cc2c(C)nc(C)nc2Nc2nc(-c3ccccc3)c(CN3CCOCC3)s2)cc1. The van der Waals surface area contributed by atoms with Gasteiger partial charge >= 0.3 is 0 Å². The molecule has 2 aromatic heterocycles. The maximum absolute atomic E-state index is 5.55. The largest absolute Gasteiger partial charge is 0.379 e. The molecule has 1 saturated heterocycles. The van der Waals surface area contributed by atoms with Crippen LogP contribution in [0, 0.1) is 20.8 Å². The molecule has 5 rings (SSSR count). The quantitative estimate of drug-likeness (QED) is 0.363. The van der Waals surface area contributed by atoms with Crippen molar-refractivity contribution < 1.29 is 4.74 Å². The van der Waals surface area contributed by atoms with Gasteiger partial charge in [0, 0.05) is 47.8 Å². The number of ether oxygens (including phenoxy) is 1. The molecule has 0 saturated carbocycles. The third-order valence-corrected chi connectivity index (χ3v) is 7.22. The van der Waals surface area contributed by atoms with E-state index in [4.69, 9.17) is 14.7 Å². The third-order valence-electron chi connectivity index (χ3n) is 6.27. The van der Waals surface area contributed by atoms with Crippen molar-refractivity contribution in [2.24, 2.45) is 0 Å². The first-order valence-corrected chi connectivity index (χ1v) is 12.9. The number of thiazole rings is 1. The minimum absolute atomic E-state index is 0.756. The van der Waals surface area contributed by atoms with Crippen molar-refractivity contribution in [2.75, 3.05) is 31.6 Å². The summed E-state index contributed by atoms with van der Waals surface area (Å²) in [6.45, 7) is 10.4. The van der Waals surface area contributed by atoms with Crippen molar-refractivity contribution in [3.8, 4) is 11.3 Å². The number of nitrogens with one attached hydrogen (secondary N) is 1. The summed E-state index contributed by atoms with van der Waals surface area (Å²) in [6.07, 6.45) is 0.770. The molecule has 35 heavy (non-hydrogen) atoms. The van der Waals surface area contributed by atoms with E-state index in [1.165, 1.54) is 16.0 Å². The number of morpholine rings is 1. The molecule has 1 aliphatic heterocycles. The lowest BCUT2D eigenvalue weighted by molar-refractivity contribution is 0.0347. The molecular weight excluding hydrogens is 454 g/mol. The van der Waals surface area contributed by atoms with Gasteiger partial charge in [-0.15, -0.1) is 0 Å². The molecular formula is C28H31N5OS. The number of rotatable bonds is 7. The van der Waals surface area contributed by atoms with Gasteiger partial charge in [-0.2, -0.15) is 0 Å². The summed E-state index contributed by atoms with van der Waals surface area (Å²) in [5.74, 6) is 1.59. The van der Waals surface area contributed by atoms with Gasteiger partial charge in [-0.25, -0.2) is 15.0 Å². The van der Waals surface area contributed by atoms with Crippen LogP contribution < -0.4 is 5.32 Å². The number of benzene rings is 2. The zero-order valence-corrected chi connectivity index (χ0v) is 21.4. The lowest BCUT2D eigenvalue weighted by Gasteiger charge is -2.26. The Morgan fingerprint density at radius 1 is 0.914 bits per heavy atom. The molecule has 0 unspecified atom stereocenters. The predicted molar refractivity (Wildman–Crippen MR) is 142 cm³/mol. The van der Waals surface area contributed by atoms with Gasteiger partial charge in [-0.05, 0) is 26.3 Å². The Hall–Kier alpha value is -3.13. The van der Waals surface area contributed by atoms with Crippen molar-refractivity contribution in [1.82, 2.24) is 19.9 Å². The first-order valence-electron chi connectivity index (χ1n) is 12.1. The summed E-state index contributed by atoms with van der Waals surface area (Å²) in [5, 5.41) is 4.42. The zero-order valence-electron chi connectivity index (χ0n) is 20.5. The van der Waals surface area contributed by atoms with E-state index in [1.807, 2.05) is 13.0 Å². The Balaban J connectivity index is 1.48. The van der Waals surface area contributed by atoms with Crippen molar-refractivity contribution in [3.63, 3.8) is 0 Å². The van der Waals surface area contributed by atoms with E-state index in [1.54, 1.807) is 11.3 Å². The lowest BCUT2D eigenvalue weighted by atomic mass is 10.0. The van der Waals surface area contributed by atoms with Crippen molar-refractivity contribution >= 4 is 22.3 Å². The molecule has 1 fully saturated rings. The topological polar surface area (TPSA) is 63.2 Å². The Labute approximate surface area is 211 Å². The number of aryl methyl sites for hydroxylation is 3. The molecule has 2 aromatic carbocycles. The molecule has 0 aliphatic carbocycles. The minimum atomic E-state index is 0.756. The van der Waals surface area contributed by atoms with Gasteiger partial charge in [0.1, 0.15) is 11.6 Å². The zero-order chi connectivity index (χ0) is 24.2. The Kier molecular flexibility index (Phi) is 7.18. The highest BCUT2D eigenvalue weighted by Gasteiger charge is 2.20. The highest BCUT2D eigenvalue weighted by Crippen LogP contribution is 2.34. The summed E-state index contributed by atoms with van der Waals surface area (Å²) in [6, 6.07) is 19.1. The highest BCUT2D eigenvalue weighted by atomic mass is 32.1. The molecule has 0 amide bonds. The highest BCUT2D eigenvalue weighted by molar-refractivity contribution is 7.16. The molecule has 0 bridgehead atoms. The van der Waals surface area contributed by atoms with Crippen LogP contribution in [0.15, 0.2) is 54.6 Å². The molecule has 180 valence electrons. The van der Waals surface area contributed by atoms with Crippen molar-refractivity contribution in [1.29, 1.82) is 0 Å². The maximum Gasteiger partial charge on any atom is 0.189 e. The second-order valence-corrected chi connectivity index (χ2v) is 10.1. The first-order chi connectivity index (χ1) is 17.0. The van der Waals surface area contributed by atoms with E-state index in [0.29, 0.717) is 0 Å². The van der Waals surface area contributed by atoms with Gasteiger partial charge in [-0.1, -0.05) is 71.5 Å². The van der Waals surface area contributed by atoms with Crippen LogP contribution in [0.1, 0.15) is 33.1 Å². The standard InChI is InChI=1S/C28H31N5OS/c1-19-9-11-22(12-10-19)17-24-20(2)29-21(3)30-27(24)32-28-31-26(23-7-5-4-6-8-23)25(35-28)18-33-13-15-34-16-14-33/h4-12H,13-18H2,1-3H3,(H,29,30,31,32). The summed E-state index contributed by atoms with van der Waals surface area (Å²) in [5.41, 5.74) is 6.76. The monoisotopic (exact) mass is 485 g/mol. The van der Waals surface area contributed by atoms with Gasteiger partial charge in [0.05, 0.1) is 18.9 Å². The van der Waals surface area contributed by atoms with Crippen LogP contribution in [-0.2, 0) is 17.7 Å². The van der Waals surface area contributed by atoms with Crippen LogP contribution in [0.4, 0.5) is 10.9 Å². The number of aromatic nitrogens is 3. The van der Waals surface area contributed by atoms with E-state index in [2.05, 4.69) is 77.6 Å². The predicted octanol–water partition coefficient (Wildman–Crippen LogP) is 5.69. The fourth-order valence-electron chi connectivity index (χ4n) is 4.36. The molecule has 1 aliphatic rings. The van der Waals surface area contributed by atoms with Crippen molar-refractivity contribution in [2.45, 2.75) is 33.7 Å². The lowest BCUT2D eigenvalue weighted by Crippen LogP contribution is -2.35. The van der Waals surface area contributed by atoms with E-state index in [9.17, 15) is 0 Å². The summed E-state index contributed by atoms with van der Waals surface area (Å²) >= 11 is 1.71. The van der Waals surface area contributed by atoms with Crippen LogP contribution in [0.5, 0.6) is 0 Å². The molecule has 7 heteroatoms. The first kappa shape index (κ1) is 23.6. The minimum Gasteiger partial charge on any atom is -0.379 e. The summed E-state index contributed by atoms with van der Waals surface area (Å²) < 4.78 is 5.55. The van der Waals surface area contributed by atoms with Gasteiger partial charge in [0.2, 0.25) is 0 Å². The van der Waals surface area contributed by atoms with Gasteiger partial charge < -0.3 is 10.1 Å². The number of hydrogen-bond acceptors (Lipinski definition) is 7. The van der Waals surface area contributed by atoms with Crippen LogP contribution >= 0.6 is 11.3 Å².